The van der Waals surface area contributed by atoms with Crippen LogP contribution in [0.4, 0.5) is 4.39 Å². The van der Waals surface area contributed by atoms with E-state index in [2.05, 4.69) is 5.32 Å². The number of benzene rings is 1. The Bertz CT molecular complexity index is 451. The van der Waals surface area contributed by atoms with Crippen LogP contribution in [0, 0.1) is 5.82 Å². The molecule has 0 aromatic heterocycles. The van der Waals surface area contributed by atoms with Crippen molar-refractivity contribution in [3.8, 4) is 5.75 Å². The summed E-state index contributed by atoms with van der Waals surface area (Å²) in [5, 5.41) is 12.3. The minimum atomic E-state index is -0.550. The fourth-order valence-electron chi connectivity index (χ4n) is 2.28. The van der Waals surface area contributed by atoms with Crippen LogP contribution in [0.25, 0.3) is 0 Å². The molecule has 0 bridgehead atoms. The Morgan fingerprint density at radius 1 is 1.39 bits per heavy atom. The Kier molecular flexibility index (Phi) is 3.81. The Balaban J connectivity index is 2.09. The summed E-state index contributed by atoms with van der Waals surface area (Å²) >= 11 is 0. The molecular formula is C13H17FN2O2. The molecule has 5 heteroatoms. The molecule has 98 valence electrons. The first-order chi connectivity index (χ1) is 8.58. The summed E-state index contributed by atoms with van der Waals surface area (Å²) in [6, 6.07) is 3.13. The molecule has 18 heavy (non-hydrogen) atoms. The van der Waals surface area contributed by atoms with Gasteiger partial charge in [-0.15, -0.1) is 0 Å². The number of hydrogen-bond acceptors (Lipinski definition) is 3. The number of nitrogens with one attached hydrogen (secondary N) is 1. The van der Waals surface area contributed by atoms with E-state index in [1.54, 1.807) is 0 Å². The van der Waals surface area contributed by atoms with Gasteiger partial charge in [0.2, 0.25) is 0 Å². The zero-order valence-electron chi connectivity index (χ0n) is 10.0. The van der Waals surface area contributed by atoms with Gasteiger partial charge in [-0.2, -0.15) is 0 Å². The van der Waals surface area contributed by atoms with Crippen molar-refractivity contribution in [1.29, 1.82) is 0 Å². The smallest absolute Gasteiger partial charge is 0.255 e. The van der Waals surface area contributed by atoms with Crippen molar-refractivity contribution < 1.29 is 14.3 Å². The SMILES string of the molecule is N[C@@H]1CCCC[C@H]1NC(=O)c1cc(F)ccc1O. The third kappa shape index (κ3) is 2.79. The number of amides is 1. The topological polar surface area (TPSA) is 75.3 Å². The molecule has 1 aliphatic carbocycles. The maximum Gasteiger partial charge on any atom is 0.255 e. The number of phenolic OH excluding ortho intramolecular Hbond substituents is 1. The van der Waals surface area contributed by atoms with Gasteiger partial charge in [-0.25, -0.2) is 4.39 Å². The number of aromatic hydroxyl groups is 1. The molecule has 0 radical (unpaired) electrons. The van der Waals surface area contributed by atoms with Crippen molar-refractivity contribution in [3.05, 3.63) is 29.6 Å². The van der Waals surface area contributed by atoms with Crippen LogP contribution in [0.2, 0.25) is 0 Å². The Morgan fingerprint density at radius 2 is 2.11 bits per heavy atom. The second-order valence-corrected chi connectivity index (χ2v) is 4.69. The molecule has 1 fully saturated rings. The van der Waals surface area contributed by atoms with Crippen LogP contribution < -0.4 is 11.1 Å². The molecule has 1 saturated carbocycles. The zero-order chi connectivity index (χ0) is 13.1. The Labute approximate surface area is 105 Å². The van der Waals surface area contributed by atoms with E-state index in [0.29, 0.717) is 0 Å². The molecule has 2 atom stereocenters. The lowest BCUT2D eigenvalue weighted by atomic mass is 9.91. The first-order valence-electron chi connectivity index (χ1n) is 6.13. The van der Waals surface area contributed by atoms with E-state index < -0.39 is 11.7 Å². The lowest BCUT2D eigenvalue weighted by Crippen LogP contribution is -2.49. The highest BCUT2D eigenvalue weighted by Crippen LogP contribution is 2.20. The number of carbonyl (C=O) groups is 1. The van der Waals surface area contributed by atoms with E-state index in [1.807, 2.05) is 0 Å². The first-order valence-corrected chi connectivity index (χ1v) is 6.13. The summed E-state index contributed by atoms with van der Waals surface area (Å²) in [5.41, 5.74) is 5.87. The van der Waals surface area contributed by atoms with Gasteiger partial charge in [0.1, 0.15) is 11.6 Å². The summed E-state index contributed by atoms with van der Waals surface area (Å²) in [6.07, 6.45) is 3.79. The number of rotatable bonds is 2. The fraction of sp³-hybridized carbons (Fsp3) is 0.462. The van der Waals surface area contributed by atoms with E-state index >= 15 is 0 Å². The van der Waals surface area contributed by atoms with Gasteiger partial charge in [-0.05, 0) is 31.0 Å². The number of phenols is 1. The van der Waals surface area contributed by atoms with Crippen LogP contribution in [0.15, 0.2) is 18.2 Å². The highest BCUT2D eigenvalue weighted by molar-refractivity contribution is 5.97. The number of carbonyl (C=O) groups excluding carboxylic acids is 1. The monoisotopic (exact) mass is 252 g/mol. The molecule has 1 amide bonds. The quantitative estimate of drug-likeness (QED) is 0.747. The van der Waals surface area contributed by atoms with E-state index in [0.717, 1.165) is 37.8 Å². The predicted molar refractivity (Wildman–Crippen MR) is 65.8 cm³/mol. The minimum absolute atomic E-state index is 0.0484. The minimum Gasteiger partial charge on any atom is -0.507 e. The highest BCUT2D eigenvalue weighted by atomic mass is 19.1. The lowest BCUT2D eigenvalue weighted by molar-refractivity contribution is 0.0918. The van der Waals surface area contributed by atoms with E-state index in [9.17, 15) is 14.3 Å². The molecular weight excluding hydrogens is 235 g/mol. The van der Waals surface area contributed by atoms with Gasteiger partial charge < -0.3 is 16.2 Å². The Hall–Kier alpha value is -1.62. The zero-order valence-corrected chi connectivity index (χ0v) is 10.0. The summed E-state index contributed by atoms with van der Waals surface area (Å²) in [4.78, 5) is 11.9. The summed E-state index contributed by atoms with van der Waals surface area (Å²) in [5.74, 6) is -1.25. The normalized spacial score (nSPS) is 23.7. The van der Waals surface area contributed by atoms with Gasteiger partial charge in [0.15, 0.2) is 0 Å². The molecule has 1 aliphatic rings. The summed E-state index contributed by atoms with van der Waals surface area (Å²) < 4.78 is 13.0. The number of halogens is 1. The van der Waals surface area contributed by atoms with Gasteiger partial charge >= 0.3 is 0 Å². The number of hydrogen-bond donors (Lipinski definition) is 3. The number of nitrogens with two attached hydrogens (primary N) is 1. The first kappa shape index (κ1) is 12.8. The van der Waals surface area contributed by atoms with Crippen molar-refractivity contribution in [2.75, 3.05) is 0 Å². The predicted octanol–water partition coefficient (Wildman–Crippen LogP) is 1.53. The maximum atomic E-state index is 13.0. The van der Waals surface area contributed by atoms with Crippen LogP contribution in [0.1, 0.15) is 36.0 Å². The van der Waals surface area contributed by atoms with Crippen LogP contribution in [0.3, 0.4) is 0 Å². The average Bonchev–Trinajstić information content (AvgIpc) is 2.35. The third-order valence-electron chi connectivity index (χ3n) is 3.34. The van der Waals surface area contributed by atoms with Crippen molar-refractivity contribution in [2.24, 2.45) is 5.73 Å². The van der Waals surface area contributed by atoms with Crippen molar-refractivity contribution >= 4 is 5.91 Å². The van der Waals surface area contributed by atoms with Gasteiger partial charge in [-0.1, -0.05) is 12.8 Å². The molecule has 4 N–H and O–H groups in total. The molecule has 0 aliphatic heterocycles. The standard InChI is InChI=1S/C13H17FN2O2/c14-8-5-6-12(17)9(7-8)13(18)16-11-4-2-1-3-10(11)15/h5-7,10-11,17H,1-4,15H2,(H,16,18)/t10-,11-/m1/s1. The van der Waals surface area contributed by atoms with E-state index in [1.165, 1.54) is 6.07 Å². The molecule has 1 aromatic carbocycles. The highest BCUT2D eigenvalue weighted by Gasteiger charge is 2.24. The molecule has 0 heterocycles. The van der Waals surface area contributed by atoms with Crippen LogP contribution in [-0.4, -0.2) is 23.1 Å². The molecule has 0 unspecified atom stereocenters. The van der Waals surface area contributed by atoms with Crippen LogP contribution >= 0.6 is 0 Å². The molecule has 0 spiro atoms. The maximum absolute atomic E-state index is 13.0. The second kappa shape index (κ2) is 5.35. The molecule has 0 saturated heterocycles. The third-order valence-corrected chi connectivity index (χ3v) is 3.34. The molecule has 4 nitrogen and oxygen atoms in total. The summed E-state index contributed by atoms with van der Waals surface area (Å²) in [7, 11) is 0. The molecule has 1 aromatic rings. The second-order valence-electron chi connectivity index (χ2n) is 4.69. The van der Waals surface area contributed by atoms with Gasteiger partial charge in [-0.3, -0.25) is 4.79 Å². The molecule has 2 rings (SSSR count). The van der Waals surface area contributed by atoms with Crippen LogP contribution in [-0.2, 0) is 0 Å². The van der Waals surface area contributed by atoms with Crippen molar-refractivity contribution in [2.45, 2.75) is 37.8 Å². The van der Waals surface area contributed by atoms with Crippen molar-refractivity contribution in [3.63, 3.8) is 0 Å². The van der Waals surface area contributed by atoms with Gasteiger partial charge in [0, 0.05) is 12.1 Å². The van der Waals surface area contributed by atoms with E-state index in [-0.39, 0.29) is 23.4 Å². The van der Waals surface area contributed by atoms with Gasteiger partial charge in [0.05, 0.1) is 5.56 Å². The Morgan fingerprint density at radius 3 is 2.83 bits per heavy atom. The van der Waals surface area contributed by atoms with Gasteiger partial charge in [0.25, 0.3) is 5.91 Å². The average molecular weight is 252 g/mol. The summed E-state index contributed by atoms with van der Waals surface area (Å²) in [6.45, 7) is 0. The van der Waals surface area contributed by atoms with Crippen LogP contribution in [0.5, 0.6) is 5.75 Å². The lowest BCUT2D eigenvalue weighted by Gasteiger charge is -2.29. The fourth-order valence-corrected chi connectivity index (χ4v) is 2.28. The van der Waals surface area contributed by atoms with Crippen molar-refractivity contribution in [1.82, 2.24) is 5.32 Å². The van der Waals surface area contributed by atoms with E-state index in [4.69, 9.17) is 5.73 Å². The largest absolute Gasteiger partial charge is 0.507 e.